The van der Waals surface area contributed by atoms with Crippen molar-refractivity contribution in [2.24, 2.45) is 0 Å². The summed E-state index contributed by atoms with van der Waals surface area (Å²) >= 11 is 0. The lowest BCUT2D eigenvalue weighted by atomic mass is 9.72. The molecule has 6 aromatic carbocycles. The maximum Gasteiger partial charge on any atom is 0.636 e. The molecular weight excluding hydrogens is 826 g/mol. The van der Waals surface area contributed by atoms with E-state index >= 15 is 35.1 Å². The van der Waals surface area contributed by atoms with Gasteiger partial charge < -0.3 is 9.31 Å². The zero-order valence-corrected chi connectivity index (χ0v) is 25.5. The Kier molecular flexibility index (Phi) is 9.68. The molecular formula is C32H2BF21O2. The molecule has 0 unspecified atom stereocenters. The Bertz CT molecular complexity index is 2710. The molecule has 6 rings (SSSR count). The molecule has 0 aliphatic carbocycles. The fraction of sp³-hybridized carbons (Fsp3) is 0. The lowest BCUT2D eigenvalue weighted by molar-refractivity contribution is 0.363. The lowest BCUT2D eigenvalue weighted by Crippen LogP contribution is -2.47. The second kappa shape index (κ2) is 13.7. The molecule has 2 nitrogen and oxygen atoms in total. The molecule has 0 atom stereocenters. The maximum atomic E-state index is 16.0. The van der Waals surface area contributed by atoms with E-state index in [1.165, 1.54) is 0 Å². The molecule has 0 aromatic heterocycles. The topological polar surface area (TPSA) is 18.5 Å². The van der Waals surface area contributed by atoms with E-state index in [0.29, 0.717) is 0 Å². The number of halogens is 21. The number of fused-ring (bicyclic) bond motifs is 2. The molecule has 24 heteroatoms. The molecule has 56 heavy (non-hydrogen) atoms. The van der Waals surface area contributed by atoms with Crippen molar-refractivity contribution in [2.75, 3.05) is 0 Å². The summed E-state index contributed by atoms with van der Waals surface area (Å²) in [6.45, 7) is 0. The summed E-state index contributed by atoms with van der Waals surface area (Å²) in [5.74, 6) is -67.4. The molecule has 0 fully saturated rings. The molecule has 0 spiro atoms. The summed E-state index contributed by atoms with van der Waals surface area (Å²) in [6, 6.07) is -0.148. The van der Waals surface area contributed by atoms with Crippen LogP contribution in [0.1, 0.15) is 0 Å². The molecule has 0 amide bonds. The molecule has 0 aliphatic heterocycles. The minimum Gasteiger partial charge on any atom is -0.519 e. The van der Waals surface area contributed by atoms with Crippen molar-refractivity contribution >= 4 is 34.1 Å². The predicted octanol–water partition coefficient (Wildman–Crippen LogP) is 10.4. The van der Waals surface area contributed by atoms with E-state index in [1.54, 1.807) is 0 Å². The number of benzene rings is 6. The summed E-state index contributed by atoms with van der Waals surface area (Å²) in [6.07, 6.45) is 0. The van der Waals surface area contributed by atoms with Crippen LogP contribution in [0.15, 0.2) is 12.1 Å². The highest BCUT2D eigenvalue weighted by Gasteiger charge is 2.45. The van der Waals surface area contributed by atoms with E-state index in [9.17, 15) is 57.1 Å². The van der Waals surface area contributed by atoms with Gasteiger partial charge in [0.15, 0.2) is 105 Å². The van der Waals surface area contributed by atoms with Crippen molar-refractivity contribution in [1.29, 1.82) is 0 Å². The van der Waals surface area contributed by atoms with E-state index in [1.807, 2.05) is 0 Å². The van der Waals surface area contributed by atoms with Gasteiger partial charge in [-0.2, -0.15) is 8.78 Å². The third kappa shape index (κ3) is 5.50. The van der Waals surface area contributed by atoms with Crippen LogP contribution in [0.5, 0.6) is 11.5 Å². The molecule has 0 N–H and O–H groups in total. The van der Waals surface area contributed by atoms with Gasteiger partial charge in [0.1, 0.15) is 11.6 Å². The Balaban J connectivity index is 1.82. The third-order valence-corrected chi connectivity index (χ3v) is 7.88. The van der Waals surface area contributed by atoms with Crippen molar-refractivity contribution in [3.8, 4) is 22.6 Å². The average molecular weight is 828 g/mol. The van der Waals surface area contributed by atoms with Gasteiger partial charge in [0, 0.05) is 5.56 Å². The van der Waals surface area contributed by atoms with Crippen molar-refractivity contribution in [3.63, 3.8) is 0 Å². The zero-order valence-electron chi connectivity index (χ0n) is 25.5. The fourth-order valence-corrected chi connectivity index (χ4v) is 5.37. The lowest BCUT2D eigenvalue weighted by Gasteiger charge is -2.23. The molecule has 0 aliphatic rings. The average Bonchev–Trinajstić information content (AvgIpc) is 3.16. The molecule has 292 valence electrons. The number of hydrogen-bond donors (Lipinski definition) is 0. The fourth-order valence-electron chi connectivity index (χ4n) is 5.37. The monoisotopic (exact) mass is 828 g/mol. The summed E-state index contributed by atoms with van der Waals surface area (Å²) in [5.41, 5.74) is -8.43. The van der Waals surface area contributed by atoms with Gasteiger partial charge >= 0.3 is 7.12 Å². The van der Waals surface area contributed by atoms with Crippen molar-refractivity contribution < 1.29 is 102 Å². The van der Waals surface area contributed by atoms with E-state index in [-0.39, 0.29) is 12.1 Å². The standard InChI is InChI=1S/C32H2BF21O2/c34-3-1-2-4(35)31(12(3)36)55-33(11-5(15(39)22(46)28(52)21(11)45)6-16(40)25(49)29(53)26(50)17(6)41)56-32-10-9(20(44)27(51)30(32)54)13(37)7-8(14(10)38)19(43)24(48)23(47)18(7)42/h1-2H. The first-order valence-corrected chi connectivity index (χ1v) is 14.0. The highest BCUT2D eigenvalue weighted by molar-refractivity contribution is 6.64. The van der Waals surface area contributed by atoms with Gasteiger partial charge in [-0.15, -0.1) is 0 Å². The van der Waals surface area contributed by atoms with Crippen LogP contribution < -0.4 is 14.8 Å². The molecule has 0 heterocycles. The van der Waals surface area contributed by atoms with Crippen LogP contribution in [0.2, 0.25) is 0 Å². The third-order valence-electron chi connectivity index (χ3n) is 7.88. The van der Waals surface area contributed by atoms with E-state index < -0.39 is 179 Å². The largest absolute Gasteiger partial charge is 0.636 e. The van der Waals surface area contributed by atoms with Crippen LogP contribution in [-0.2, 0) is 0 Å². The van der Waals surface area contributed by atoms with Gasteiger partial charge in [0.25, 0.3) is 0 Å². The highest BCUT2D eigenvalue weighted by atomic mass is 19.2. The summed E-state index contributed by atoms with van der Waals surface area (Å²) in [5, 5.41) is -9.80. The van der Waals surface area contributed by atoms with Gasteiger partial charge in [-0.1, -0.05) is 0 Å². The molecule has 6 aromatic rings. The van der Waals surface area contributed by atoms with Gasteiger partial charge in [0.05, 0.1) is 32.6 Å². The van der Waals surface area contributed by atoms with Crippen molar-refractivity contribution in [1.82, 2.24) is 0 Å². The summed E-state index contributed by atoms with van der Waals surface area (Å²) in [7, 11) is -4.19. The molecule has 0 saturated heterocycles. The zero-order chi connectivity index (χ0) is 41.7. The first-order chi connectivity index (χ1) is 26.1. The first kappa shape index (κ1) is 39.7. The molecule has 0 saturated carbocycles. The van der Waals surface area contributed by atoms with E-state index in [4.69, 9.17) is 0 Å². The second-order valence-corrected chi connectivity index (χ2v) is 10.9. The van der Waals surface area contributed by atoms with Gasteiger partial charge in [-0.05, 0) is 12.1 Å². The Morgan fingerprint density at radius 3 is 1.11 bits per heavy atom. The quantitative estimate of drug-likeness (QED) is 0.0548. The Morgan fingerprint density at radius 1 is 0.268 bits per heavy atom. The highest BCUT2D eigenvalue weighted by Crippen LogP contribution is 2.44. The van der Waals surface area contributed by atoms with Gasteiger partial charge in [-0.25, -0.2) is 83.4 Å². The Morgan fingerprint density at radius 2 is 0.607 bits per heavy atom. The van der Waals surface area contributed by atoms with Crippen LogP contribution in [0, 0.1) is 122 Å². The van der Waals surface area contributed by atoms with Crippen LogP contribution in [0.4, 0.5) is 92.2 Å². The van der Waals surface area contributed by atoms with Gasteiger partial charge in [-0.3, -0.25) is 0 Å². The van der Waals surface area contributed by atoms with Crippen molar-refractivity contribution in [2.45, 2.75) is 0 Å². The first-order valence-electron chi connectivity index (χ1n) is 14.0. The molecule has 0 radical (unpaired) electrons. The minimum absolute atomic E-state index is 0.0487. The van der Waals surface area contributed by atoms with Crippen LogP contribution in [-0.4, -0.2) is 7.12 Å². The minimum atomic E-state index is -4.19. The maximum absolute atomic E-state index is 16.0. The summed E-state index contributed by atoms with van der Waals surface area (Å²) in [4.78, 5) is 0. The predicted molar refractivity (Wildman–Crippen MR) is 146 cm³/mol. The smallest absolute Gasteiger partial charge is 0.519 e. The van der Waals surface area contributed by atoms with Crippen LogP contribution in [0.3, 0.4) is 0 Å². The Labute approximate surface area is 293 Å². The van der Waals surface area contributed by atoms with Gasteiger partial charge in [0.2, 0.25) is 17.5 Å². The van der Waals surface area contributed by atoms with E-state index in [0.717, 1.165) is 0 Å². The molecule has 0 bridgehead atoms. The Hall–Kier alpha value is -5.97. The summed E-state index contributed by atoms with van der Waals surface area (Å²) < 4.78 is 320. The normalized spacial score (nSPS) is 11.7. The SMILES string of the molecule is Fc1ccc(F)c(OB(Oc2c(F)c(F)c(F)c3c(F)c4c(F)c(F)c(F)c(F)c4c(F)c23)c2c(F)c(F)c(F)c(F)c2-c2c(F)c(F)c(F)c(F)c2F)c1F. The van der Waals surface area contributed by atoms with Crippen molar-refractivity contribution in [3.05, 3.63) is 134 Å². The van der Waals surface area contributed by atoms with Crippen LogP contribution >= 0.6 is 0 Å². The van der Waals surface area contributed by atoms with E-state index in [2.05, 4.69) is 9.31 Å². The number of rotatable bonds is 6. The second-order valence-electron chi connectivity index (χ2n) is 10.9. The number of hydrogen-bond acceptors (Lipinski definition) is 2. The van der Waals surface area contributed by atoms with Crippen LogP contribution in [0.25, 0.3) is 32.7 Å².